The van der Waals surface area contributed by atoms with Gasteiger partial charge < -0.3 is 0 Å². The van der Waals surface area contributed by atoms with Gasteiger partial charge in [0.15, 0.2) is 0 Å². The molecule has 0 rings (SSSR count). The Morgan fingerprint density at radius 2 is 0.622 bits per heavy atom. The summed E-state index contributed by atoms with van der Waals surface area (Å²) in [6.07, 6.45) is 34.8. The van der Waals surface area contributed by atoms with Crippen LogP contribution in [0.2, 0.25) is 0 Å². The highest BCUT2D eigenvalue weighted by Crippen LogP contribution is 2.17. The molecule has 3 heteroatoms. The Bertz CT molecular complexity index is 448. The molecule has 0 heterocycles. The number of Topliss-reactive ketones (excluding diaryl/α,β-unsaturated/α-hetero) is 2. The highest BCUT2D eigenvalue weighted by Gasteiger charge is 2.24. The van der Waals surface area contributed by atoms with Crippen molar-refractivity contribution in [1.29, 1.82) is 0 Å². The lowest BCUT2D eigenvalue weighted by atomic mass is 9.93. The van der Waals surface area contributed by atoms with Gasteiger partial charge in [-0.3, -0.25) is 9.59 Å². The van der Waals surface area contributed by atoms with Crippen LogP contribution in [0.25, 0.3) is 0 Å². The Hall–Kier alpha value is -0.370. The van der Waals surface area contributed by atoms with Crippen LogP contribution in [0.4, 0.5) is 0 Å². The fraction of sp³-hybridized carbons (Fsp3) is 0.941. The van der Waals surface area contributed by atoms with E-state index in [4.69, 9.17) is 11.6 Å². The number of alkyl halides is 1. The van der Waals surface area contributed by atoms with Crippen molar-refractivity contribution in [2.24, 2.45) is 5.92 Å². The second-order valence-corrected chi connectivity index (χ2v) is 11.9. The van der Waals surface area contributed by atoms with Gasteiger partial charge in [0.2, 0.25) is 0 Å². The number of halogens is 1. The molecule has 2 nitrogen and oxygen atoms in total. The third kappa shape index (κ3) is 25.7. The standard InChI is InChI=1S/C34H65ClO2/c1-3-5-7-9-11-13-15-17-19-21-23-25-27-29-33(36)32(31-35)34(37)30-28-26-24-22-20-18-16-14-12-10-8-6-4-2/h32H,3-31H2,1-2H3. The lowest BCUT2D eigenvalue weighted by Crippen LogP contribution is -2.25. The van der Waals surface area contributed by atoms with Gasteiger partial charge in [-0.2, -0.15) is 0 Å². The zero-order chi connectivity index (χ0) is 27.2. The Kier molecular flexibility index (Phi) is 29.9. The Labute approximate surface area is 237 Å². The molecule has 0 saturated carbocycles. The fourth-order valence-electron chi connectivity index (χ4n) is 5.33. The second kappa shape index (κ2) is 30.2. The summed E-state index contributed by atoms with van der Waals surface area (Å²) in [7, 11) is 0. The van der Waals surface area contributed by atoms with Crippen LogP contribution in [-0.2, 0) is 9.59 Å². The molecule has 0 aromatic rings. The summed E-state index contributed by atoms with van der Waals surface area (Å²) < 4.78 is 0. The van der Waals surface area contributed by atoms with Crippen molar-refractivity contribution < 1.29 is 9.59 Å². The van der Waals surface area contributed by atoms with Crippen LogP contribution in [0.15, 0.2) is 0 Å². The van der Waals surface area contributed by atoms with Gasteiger partial charge in [0, 0.05) is 18.7 Å². The Balaban J connectivity index is 3.57. The maximum absolute atomic E-state index is 12.5. The van der Waals surface area contributed by atoms with Crippen molar-refractivity contribution in [2.75, 3.05) is 5.88 Å². The van der Waals surface area contributed by atoms with E-state index < -0.39 is 5.92 Å². The molecule has 0 radical (unpaired) electrons. The quantitative estimate of drug-likeness (QED) is 0.0497. The monoisotopic (exact) mass is 540 g/mol. The van der Waals surface area contributed by atoms with Crippen molar-refractivity contribution in [3.63, 3.8) is 0 Å². The highest BCUT2D eigenvalue weighted by atomic mass is 35.5. The number of hydrogen-bond donors (Lipinski definition) is 0. The van der Waals surface area contributed by atoms with Crippen molar-refractivity contribution in [2.45, 2.75) is 194 Å². The molecule has 0 aliphatic carbocycles. The van der Waals surface area contributed by atoms with Gasteiger partial charge in [-0.1, -0.05) is 168 Å². The van der Waals surface area contributed by atoms with Crippen molar-refractivity contribution >= 4 is 23.2 Å². The lowest BCUT2D eigenvalue weighted by Gasteiger charge is -2.12. The summed E-state index contributed by atoms with van der Waals surface area (Å²) in [4.78, 5) is 25.1. The van der Waals surface area contributed by atoms with E-state index in [9.17, 15) is 9.59 Å². The minimum Gasteiger partial charge on any atom is -0.299 e. The first-order chi connectivity index (χ1) is 18.2. The van der Waals surface area contributed by atoms with Crippen molar-refractivity contribution in [1.82, 2.24) is 0 Å². The van der Waals surface area contributed by atoms with Crippen LogP contribution >= 0.6 is 11.6 Å². The molecule has 0 spiro atoms. The smallest absolute Gasteiger partial charge is 0.144 e. The van der Waals surface area contributed by atoms with Crippen LogP contribution in [0, 0.1) is 5.92 Å². The number of carbonyl (C=O) groups is 2. The average Bonchev–Trinajstić information content (AvgIpc) is 2.90. The first kappa shape index (κ1) is 36.6. The number of unbranched alkanes of at least 4 members (excludes halogenated alkanes) is 24. The number of rotatable bonds is 31. The SMILES string of the molecule is CCCCCCCCCCCCCCCC(=O)C(CCl)C(=O)CCCCCCCCCCCCCCC. The molecule has 220 valence electrons. The zero-order valence-electron chi connectivity index (χ0n) is 25.3. The normalized spacial score (nSPS) is 11.5. The van der Waals surface area contributed by atoms with Crippen LogP contribution in [0.5, 0.6) is 0 Å². The van der Waals surface area contributed by atoms with Gasteiger partial charge in [0.25, 0.3) is 0 Å². The predicted molar refractivity (Wildman–Crippen MR) is 165 cm³/mol. The summed E-state index contributed by atoms with van der Waals surface area (Å²) in [5.74, 6) is -0.235. The minimum atomic E-state index is -0.559. The van der Waals surface area contributed by atoms with Crippen molar-refractivity contribution in [3.8, 4) is 0 Å². The molecule has 0 bridgehead atoms. The first-order valence-corrected chi connectivity index (χ1v) is 17.3. The van der Waals surface area contributed by atoms with Gasteiger partial charge in [0.05, 0.1) is 5.92 Å². The molecule has 0 unspecified atom stereocenters. The largest absolute Gasteiger partial charge is 0.299 e. The van der Waals surface area contributed by atoms with Gasteiger partial charge in [-0.25, -0.2) is 0 Å². The van der Waals surface area contributed by atoms with Crippen molar-refractivity contribution in [3.05, 3.63) is 0 Å². The molecule has 0 aromatic heterocycles. The molecule has 0 aromatic carbocycles. The van der Waals surface area contributed by atoms with Crippen LogP contribution in [0.1, 0.15) is 194 Å². The minimum absolute atomic E-state index is 0.0813. The molecule has 0 N–H and O–H groups in total. The van der Waals surface area contributed by atoms with Crippen LogP contribution in [0.3, 0.4) is 0 Å². The Morgan fingerprint density at radius 3 is 0.838 bits per heavy atom. The molecular formula is C34H65ClO2. The third-order valence-corrected chi connectivity index (χ3v) is 8.29. The predicted octanol–water partition coefficient (Wildman–Crippen LogP) is 11.9. The van der Waals surface area contributed by atoms with E-state index in [-0.39, 0.29) is 17.4 Å². The summed E-state index contributed by atoms with van der Waals surface area (Å²) in [6, 6.07) is 0. The summed E-state index contributed by atoms with van der Waals surface area (Å²) >= 11 is 6.03. The Morgan fingerprint density at radius 1 is 0.405 bits per heavy atom. The van der Waals surface area contributed by atoms with Crippen LogP contribution < -0.4 is 0 Å². The lowest BCUT2D eigenvalue weighted by molar-refractivity contribution is -0.132. The molecule has 0 amide bonds. The van der Waals surface area contributed by atoms with Crippen LogP contribution in [-0.4, -0.2) is 17.4 Å². The van der Waals surface area contributed by atoms with Gasteiger partial charge in [-0.15, -0.1) is 11.6 Å². The maximum atomic E-state index is 12.5. The van der Waals surface area contributed by atoms with E-state index >= 15 is 0 Å². The third-order valence-electron chi connectivity index (χ3n) is 7.99. The van der Waals surface area contributed by atoms with E-state index in [1.807, 2.05) is 0 Å². The van der Waals surface area contributed by atoms with E-state index in [0.29, 0.717) is 12.8 Å². The van der Waals surface area contributed by atoms with E-state index in [1.165, 1.54) is 141 Å². The average molecular weight is 541 g/mol. The molecule has 37 heavy (non-hydrogen) atoms. The maximum Gasteiger partial charge on any atom is 0.144 e. The molecule has 0 aliphatic heterocycles. The number of carbonyl (C=O) groups excluding carboxylic acids is 2. The van der Waals surface area contributed by atoms with Gasteiger partial charge in [-0.05, 0) is 12.8 Å². The summed E-state index contributed by atoms with van der Waals surface area (Å²) in [6.45, 7) is 4.54. The summed E-state index contributed by atoms with van der Waals surface area (Å²) in [5, 5.41) is 0. The molecule has 0 aliphatic rings. The van der Waals surface area contributed by atoms with E-state index in [0.717, 1.165) is 25.7 Å². The molecule has 0 atom stereocenters. The first-order valence-electron chi connectivity index (χ1n) is 16.8. The summed E-state index contributed by atoms with van der Waals surface area (Å²) in [5.41, 5.74) is 0. The molecule has 0 fully saturated rings. The highest BCUT2D eigenvalue weighted by molar-refractivity contribution is 6.22. The number of hydrogen-bond acceptors (Lipinski definition) is 2. The van der Waals surface area contributed by atoms with Gasteiger partial charge >= 0.3 is 0 Å². The fourth-order valence-corrected chi connectivity index (χ4v) is 5.68. The van der Waals surface area contributed by atoms with E-state index in [2.05, 4.69) is 13.8 Å². The molecular weight excluding hydrogens is 476 g/mol. The topological polar surface area (TPSA) is 34.1 Å². The van der Waals surface area contributed by atoms with E-state index in [1.54, 1.807) is 0 Å². The second-order valence-electron chi connectivity index (χ2n) is 11.6. The van der Waals surface area contributed by atoms with Gasteiger partial charge in [0.1, 0.15) is 11.6 Å². The molecule has 0 saturated heterocycles. The number of ketones is 2. The zero-order valence-corrected chi connectivity index (χ0v) is 26.0.